The van der Waals surface area contributed by atoms with Crippen molar-refractivity contribution < 1.29 is 19.7 Å². The molecule has 1 aliphatic rings. The van der Waals surface area contributed by atoms with E-state index in [2.05, 4.69) is 4.98 Å². The average Bonchev–Trinajstić information content (AvgIpc) is 2.83. The van der Waals surface area contributed by atoms with Crippen LogP contribution in [0.3, 0.4) is 0 Å². The lowest BCUT2D eigenvalue weighted by atomic mass is 10.1. The topological polar surface area (TPSA) is 106 Å². The van der Waals surface area contributed by atoms with Crippen LogP contribution in [0.5, 0.6) is 0 Å². The van der Waals surface area contributed by atoms with Gasteiger partial charge < -0.3 is 20.7 Å². The number of aliphatic hydroxyl groups is 2. The largest absolute Gasteiger partial charge is 0.394 e. The summed E-state index contributed by atoms with van der Waals surface area (Å²) in [6.45, 7) is -0.230. The van der Waals surface area contributed by atoms with Gasteiger partial charge in [0.25, 0.3) is 5.91 Å². The van der Waals surface area contributed by atoms with E-state index >= 15 is 0 Å². The lowest BCUT2D eigenvalue weighted by molar-refractivity contribution is -0.0226. The molecule has 2 heterocycles. The van der Waals surface area contributed by atoms with Gasteiger partial charge in [-0.15, -0.1) is 11.3 Å². The Kier molecular flexibility index (Phi) is 3.20. The maximum atomic E-state index is 10.9. The summed E-state index contributed by atoms with van der Waals surface area (Å²) in [6, 6.07) is 0. The van der Waals surface area contributed by atoms with Crippen LogP contribution in [0.15, 0.2) is 5.38 Å². The van der Waals surface area contributed by atoms with E-state index in [0.717, 1.165) is 0 Å². The van der Waals surface area contributed by atoms with Gasteiger partial charge in [-0.3, -0.25) is 4.79 Å². The van der Waals surface area contributed by atoms with Gasteiger partial charge >= 0.3 is 0 Å². The van der Waals surface area contributed by atoms with Gasteiger partial charge in [-0.25, -0.2) is 4.98 Å². The van der Waals surface area contributed by atoms with Crippen LogP contribution in [0.2, 0.25) is 0 Å². The Bertz CT molecular complexity index is 395. The Morgan fingerprint density at radius 1 is 1.75 bits per heavy atom. The molecule has 1 fully saturated rings. The zero-order valence-electron chi connectivity index (χ0n) is 8.37. The smallest absolute Gasteiger partial charge is 0.268 e. The number of aliphatic hydroxyl groups excluding tert-OH is 2. The molecule has 0 aliphatic carbocycles. The van der Waals surface area contributed by atoms with E-state index in [1.807, 2.05) is 0 Å². The molecule has 88 valence electrons. The molecule has 0 radical (unpaired) electrons. The van der Waals surface area contributed by atoms with Gasteiger partial charge in [0.15, 0.2) is 0 Å². The van der Waals surface area contributed by atoms with Crippen molar-refractivity contribution in [1.29, 1.82) is 0 Å². The van der Waals surface area contributed by atoms with Crippen molar-refractivity contribution in [3.05, 3.63) is 16.1 Å². The van der Waals surface area contributed by atoms with Crippen LogP contribution in [0, 0.1) is 0 Å². The SMILES string of the molecule is NC(=O)c1csc(C2CC(O)C(CO)O2)n1. The zero-order valence-corrected chi connectivity index (χ0v) is 9.18. The minimum Gasteiger partial charge on any atom is -0.394 e. The summed E-state index contributed by atoms with van der Waals surface area (Å²) in [5.41, 5.74) is 5.28. The lowest BCUT2D eigenvalue weighted by Gasteiger charge is -2.09. The molecule has 0 aromatic carbocycles. The predicted octanol–water partition coefficient (Wildman–Crippen LogP) is -0.575. The molecule has 0 bridgehead atoms. The fraction of sp³-hybridized carbons (Fsp3) is 0.556. The van der Waals surface area contributed by atoms with E-state index < -0.39 is 18.1 Å². The summed E-state index contributed by atoms with van der Waals surface area (Å²) in [7, 11) is 0. The van der Waals surface area contributed by atoms with E-state index in [1.54, 1.807) is 5.38 Å². The molecule has 1 saturated heterocycles. The quantitative estimate of drug-likeness (QED) is 0.660. The third-order valence-corrected chi connectivity index (χ3v) is 3.39. The Balaban J connectivity index is 2.11. The third-order valence-electron chi connectivity index (χ3n) is 2.45. The molecule has 1 aliphatic heterocycles. The number of hydrogen-bond donors (Lipinski definition) is 3. The summed E-state index contributed by atoms with van der Waals surface area (Å²) in [5.74, 6) is -0.584. The Morgan fingerprint density at radius 3 is 3.00 bits per heavy atom. The summed E-state index contributed by atoms with van der Waals surface area (Å²) < 4.78 is 5.40. The molecule has 1 aromatic rings. The minimum atomic E-state index is -0.698. The zero-order chi connectivity index (χ0) is 11.7. The van der Waals surface area contributed by atoms with Gasteiger partial charge in [-0.2, -0.15) is 0 Å². The molecule has 6 nitrogen and oxygen atoms in total. The highest BCUT2D eigenvalue weighted by Crippen LogP contribution is 2.34. The van der Waals surface area contributed by atoms with Gasteiger partial charge in [0, 0.05) is 11.8 Å². The number of aromatic nitrogens is 1. The highest BCUT2D eigenvalue weighted by Gasteiger charge is 2.35. The molecule has 4 N–H and O–H groups in total. The number of ether oxygens (including phenoxy) is 1. The number of thiazole rings is 1. The Morgan fingerprint density at radius 2 is 2.50 bits per heavy atom. The highest BCUT2D eigenvalue weighted by atomic mass is 32.1. The molecule has 3 unspecified atom stereocenters. The van der Waals surface area contributed by atoms with Crippen LogP contribution in [0.1, 0.15) is 28.0 Å². The maximum absolute atomic E-state index is 10.9. The molecule has 3 atom stereocenters. The first-order valence-electron chi connectivity index (χ1n) is 4.81. The number of nitrogens with two attached hydrogens (primary N) is 1. The lowest BCUT2D eigenvalue weighted by Crippen LogP contribution is -2.24. The summed E-state index contributed by atoms with van der Waals surface area (Å²) in [4.78, 5) is 14.9. The van der Waals surface area contributed by atoms with Crippen molar-refractivity contribution in [3.63, 3.8) is 0 Å². The van der Waals surface area contributed by atoms with Gasteiger partial charge in [0.1, 0.15) is 22.9 Å². The van der Waals surface area contributed by atoms with E-state index in [0.29, 0.717) is 11.4 Å². The molecular formula is C9H12N2O4S. The fourth-order valence-electron chi connectivity index (χ4n) is 1.60. The minimum absolute atomic E-state index is 0.200. The standard InChI is InChI=1S/C9H12N2O4S/c10-8(14)4-3-16-9(11-4)6-1-5(13)7(2-12)15-6/h3,5-7,12-13H,1-2H2,(H2,10,14). The molecule has 0 spiro atoms. The Labute approximate surface area is 95.7 Å². The first kappa shape index (κ1) is 11.5. The normalized spacial score (nSPS) is 29.5. The molecule has 1 amide bonds. The number of nitrogens with zero attached hydrogens (tertiary/aromatic N) is 1. The first-order valence-corrected chi connectivity index (χ1v) is 5.69. The number of amides is 1. The van der Waals surface area contributed by atoms with Crippen molar-refractivity contribution in [3.8, 4) is 0 Å². The van der Waals surface area contributed by atoms with Crippen molar-refractivity contribution in [1.82, 2.24) is 4.98 Å². The van der Waals surface area contributed by atoms with Crippen molar-refractivity contribution in [2.45, 2.75) is 24.7 Å². The summed E-state index contributed by atoms with van der Waals surface area (Å²) >= 11 is 1.26. The van der Waals surface area contributed by atoms with E-state index in [1.165, 1.54) is 11.3 Å². The fourth-order valence-corrected chi connectivity index (χ4v) is 2.46. The highest BCUT2D eigenvalue weighted by molar-refractivity contribution is 7.09. The molecular weight excluding hydrogens is 232 g/mol. The molecule has 1 aromatic heterocycles. The van der Waals surface area contributed by atoms with Crippen LogP contribution in [-0.2, 0) is 4.74 Å². The number of carbonyl (C=O) groups is 1. The predicted molar refractivity (Wildman–Crippen MR) is 56.0 cm³/mol. The van der Waals surface area contributed by atoms with Crippen LogP contribution in [0.4, 0.5) is 0 Å². The molecule has 16 heavy (non-hydrogen) atoms. The Hall–Kier alpha value is -1.02. The van der Waals surface area contributed by atoms with Gasteiger partial charge in [0.05, 0.1) is 12.7 Å². The van der Waals surface area contributed by atoms with E-state index in [-0.39, 0.29) is 18.4 Å². The van der Waals surface area contributed by atoms with E-state index in [9.17, 15) is 9.90 Å². The molecule has 2 rings (SSSR count). The summed E-state index contributed by atoms with van der Waals surface area (Å²) in [6.07, 6.45) is -1.27. The van der Waals surface area contributed by atoms with Crippen LogP contribution in [-0.4, -0.2) is 39.9 Å². The summed E-state index contributed by atoms with van der Waals surface area (Å²) in [5, 5.41) is 20.6. The van der Waals surface area contributed by atoms with E-state index in [4.69, 9.17) is 15.6 Å². The second kappa shape index (κ2) is 4.46. The maximum Gasteiger partial charge on any atom is 0.268 e. The number of carbonyl (C=O) groups excluding carboxylic acids is 1. The van der Waals surface area contributed by atoms with Crippen LogP contribution >= 0.6 is 11.3 Å². The van der Waals surface area contributed by atoms with Crippen molar-refractivity contribution in [2.24, 2.45) is 5.73 Å². The molecule has 0 saturated carbocycles. The van der Waals surface area contributed by atoms with Crippen molar-refractivity contribution >= 4 is 17.2 Å². The first-order chi connectivity index (χ1) is 7.61. The third kappa shape index (κ3) is 2.07. The number of primary amides is 1. The van der Waals surface area contributed by atoms with Gasteiger partial charge in [-0.05, 0) is 0 Å². The number of hydrogen-bond acceptors (Lipinski definition) is 6. The van der Waals surface area contributed by atoms with Crippen LogP contribution < -0.4 is 5.73 Å². The van der Waals surface area contributed by atoms with Crippen LogP contribution in [0.25, 0.3) is 0 Å². The second-order valence-corrected chi connectivity index (χ2v) is 4.47. The van der Waals surface area contributed by atoms with Gasteiger partial charge in [-0.1, -0.05) is 0 Å². The molecule has 7 heteroatoms. The second-order valence-electron chi connectivity index (χ2n) is 3.58. The van der Waals surface area contributed by atoms with Gasteiger partial charge in [0.2, 0.25) is 0 Å². The number of rotatable bonds is 3. The van der Waals surface area contributed by atoms with Crippen molar-refractivity contribution in [2.75, 3.05) is 6.61 Å². The average molecular weight is 244 g/mol. The monoisotopic (exact) mass is 244 g/mol.